The smallest absolute Gasteiger partial charge is 0.123 e. The number of hydrogen-bond acceptors (Lipinski definition) is 2. The van der Waals surface area contributed by atoms with Crippen LogP contribution in [0.15, 0.2) is 77.1 Å². The summed E-state index contributed by atoms with van der Waals surface area (Å²) < 4.78 is 5.73. The quantitative estimate of drug-likeness (QED) is 0.580. The highest BCUT2D eigenvalue weighted by atomic mass is 16.5. The summed E-state index contributed by atoms with van der Waals surface area (Å²) in [6.07, 6.45) is 0. The third-order valence-corrected chi connectivity index (χ3v) is 4.62. The summed E-state index contributed by atoms with van der Waals surface area (Å²) in [5.74, 6) is 0.787. The van der Waals surface area contributed by atoms with Crippen LogP contribution in [0.5, 0.6) is 5.75 Å². The Morgan fingerprint density at radius 3 is 1.88 bits per heavy atom. The van der Waals surface area contributed by atoms with E-state index < -0.39 is 0 Å². The number of hydrogen-bond donors (Lipinski definition) is 1. The van der Waals surface area contributed by atoms with Crippen LogP contribution in [0.4, 0.5) is 0 Å². The van der Waals surface area contributed by atoms with E-state index in [1.165, 1.54) is 11.1 Å². The third-order valence-electron chi connectivity index (χ3n) is 4.62. The fourth-order valence-electron chi connectivity index (χ4n) is 3.43. The molecule has 0 saturated heterocycles. The molecule has 0 aliphatic carbocycles. The van der Waals surface area contributed by atoms with Crippen molar-refractivity contribution >= 4 is 0 Å². The molecule has 1 rings (SSSR count). The summed E-state index contributed by atoms with van der Waals surface area (Å²) in [6.45, 7) is 24.8. The minimum absolute atomic E-state index is 0.0640. The highest BCUT2D eigenvalue weighted by Crippen LogP contribution is 2.45. The van der Waals surface area contributed by atoms with Gasteiger partial charge in [0.2, 0.25) is 0 Å². The molecule has 1 unspecified atom stereocenters. The van der Waals surface area contributed by atoms with Gasteiger partial charge in [-0.15, -0.1) is 0 Å². The molecule has 0 aromatic heterocycles. The van der Waals surface area contributed by atoms with E-state index >= 15 is 0 Å². The lowest BCUT2D eigenvalue weighted by Crippen LogP contribution is -2.14. The number of nitrogens with two attached hydrogens (primary N) is 1. The second-order valence-electron chi connectivity index (χ2n) is 7.22. The Balaban J connectivity index is 4.01. The second kappa shape index (κ2) is 8.75. The summed E-state index contributed by atoms with van der Waals surface area (Å²) in [4.78, 5) is 0. The third kappa shape index (κ3) is 4.57. The van der Waals surface area contributed by atoms with Gasteiger partial charge in [-0.25, -0.2) is 0 Å². The summed E-state index contributed by atoms with van der Waals surface area (Å²) in [6, 6.07) is 6.29. The number of ether oxygens (including phenoxy) is 1. The molecule has 0 spiro atoms. The van der Waals surface area contributed by atoms with E-state index in [2.05, 4.69) is 58.7 Å². The van der Waals surface area contributed by atoms with Crippen molar-refractivity contribution in [2.75, 3.05) is 7.11 Å². The first-order chi connectivity index (χ1) is 12.0. The molecule has 0 fully saturated rings. The lowest BCUT2D eigenvalue weighted by molar-refractivity contribution is 0.408. The fraction of sp³-hybridized carbons (Fsp3) is 0.333. The Hall–Kier alpha value is -2.48. The maximum Gasteiger partial charge on any atom is 0.123 e. The monoisotopic (exact) mass is 351 g/mol. The Morgan fingerprint density at radius 2 is 1.50 bits per heavy atom. The predicted molar refractivity (Wildman–Crippen MR) is 115 cm³/mol. The van der Waals surface area contributed by atoms with E-state index in [-0.39, 0.29) is 5.92 Å². The highest BCUT2D eigenvalue weighted by Gasteiger charge is 2.28. The van der Waals surface area contributed by atoms with Gasteiger partial charge in [0.1, 0.15) is 5.75 Å². The maximum atomic E-state index is 6.07. The van der Waals surface area contributed by atoms with Crippen molar-refractivity contribution in [2.24, 2.45) is 5.73 Å². The van der Waals surface area contributed by atoms with Crippen molar-refractivity contribution in [3.63, 3.8) is 0 Å². The number of benzene rings is 1. The van der Waals surface area contributed by atoms with Crippen LogP contribution in [0.25, 0.3) is 0 Å². The van der Waals surface area contributed by atoms with Crippen molar-refractivity contribution in [1.82, 2.24) is 0 Å². The molecular weight excluding hydrogens is 318 g/mol. The van der Waals surface area contributed by atoms with Crippen LogP contribution in [0, 0.1) is 6.92 Å². The Morgan fingerprint density at radius 1 is 0.962 bits per heavy atom. The molecule has 0 heterocycles. The van der Waals surface area contributed by atoms with Crippen LogP contribution in [-0.4, -0.2) is 7.11 Å². The van der Waals surface area contributed by atoms with Crippen LogP contribution in [0.2, 0.25) is 0 Å². The summed E-state index contributed by atoms with van der Waals surface area (Å²) in [5, 5.41) is 0. The van der Waals surface area contributed by atoms with Gasteiger partial charge in [-0.3, -0.25) is 0 Å². The Bertz CT molecular complexity index is 801. The van der Waals surface area contributed by atoms with Gasteiger partial charge < -0.3 is 10.5 Å². The molecule has 1 aromatic carbocycles. The van der Waals surface area contributed by atoms with Gasteiger partial charge in [-0.1, -0.05) is 48.6 Å². The van der Waals surface area contributed by atoms with Gasteiger partial charge in [-0.2, -0.15) is 0 Å². The Labute approximate surface area is 159 Å². The van der Waals surface area contributed by atoms with Gasteiger partial charge in [0.15, 0.2) is 0 Å². The zero-order chi connectivity index (χ0) is 20.2. The molecule has 140 valence electrons. The zero-order valence-corrected chi connectivity index (χ0v) is 17.4. The van der Waals surface area contributed by atoms with Crippen LogP contribution in [-0.2, 0) is 0 Å². The molecule has 2 N–H and O–H groups in total. The number of allylic oxidation sites excluding steroid dienone is 6. The minimum Gasteiger partial charge on any atom is -0.496 e. The molecule has 26 heavy (non-hydrogen) atoms. The first-order valence-corrected chi connectivity index (χ1v) is 8.82. The Kier molecular flexibility index (Phi) is 7.26. The molecule has 0 saturated carbocycles. The van der Waals surface area contributed by atoms with E-state index in [4.69, 9.17) is 10.5 Å². The van der Waals surface area contributed by atoms with E-state index in [0.717, 1.165) is 39.2 Å². The van der Waals surface area contributed by atoms with Crippen molar-refractivity contribution in [3.05, 3.63) is 88.2 Å². The number of methoxy groups -OCH3 is 1. The number of rotatable bonds is 7. The molecule has 0 aliphatic heterocycles. The highest BCUT2D eigenvalue weighted by molar-refractivity contribution is 5.59. The van der Waals surface area contributed by atoms with Gasteiger partial charge in [0.05, 0.1) is 7.11 Å². The van der Waals surface area contributed by atoms with Gasteiger partial charge in [0, 0.05) is 17.2 Å². The van der Waals surface area contributed by atoms with E-state index in [9.17, 15) is 0 Å². The first kappa shape index (κ1) is 21.6. The SMILES string of the molecule is C=C(C)C(=C(C)C)C(/C(C(=C)C)=C(\C)C(=C)N)c1ccc(C)cc1OC. The predicted octanol–water partition coefficient (Wildman–Crippen LogP) is 6.36. The zero-order valence-electron chi connectivity index (χ0n) is 17.4. The molecule has 2 heteroatoms. The molecular formula is C24H33NO. The molecule has 0 amide bonds. The molecule has 0 bridgehead atoms. The van der Waals surface area contributed by atoms with Gasteiger partial charge in [0.25, 0.3) is 0 Å². The van der Waals surface area contributed by atoms with Crippen LogP contribution >= 0.6 is 0 Å². The van der Waals surface area contributed by atoms with E-state index in [1.807, 2.05) is 20.8 Å². The first-order valence-electron chi connectivity index (χ1n) is 8.82. The summed E-state index contributed by atoms with van der Waals surface area (Å²) in [5.41, 5.74) is 15.2. The van der Waals surface area contributed by atoms with Crippen molar-refractivity contribution in [1.29, 1.82) is 0 Å². The van der Waals surface area contributed by atoms with Crippen molar-refractivity contribution < 1.29 is 4.74 Å². The molecule has 2 nitrogen and oxygen atoms in total. The average molecular weight is 352 g/mol. The molecule has 0 radical (unpaired) electrons. The van der Waals surface area contributed by atoms with Crippen molar-refractivity contribution in [3.8, 4) is 5.75 Å². The fourth-order valence-corrected chi connectivity index (χ4v) is 3.43. The standard InChI is InChI=1S/C24H33NO/c1-14(2)22(15(3)4)24(23(16(5)6)18(8)19(9)25)20-12-11-17(7)13-21(20)26-10/h11-13,24H,1,5,9,25H2,2-4,6-8,10H3/b23-18+. The average Bonchev–Trinajstić information content (AvgIpc) is 2.52. The summed E-state index contributed by atoms with van der Waals surface area (Å²) in [7, 11) is 1.71. The molecule has 0 aliphatic rings. The van der Waals surface area contributed by atoms with Gasteiger partial charge >= 0.3 is 0 Å². The van der Waals surface area contributed by atoms with Crippen LogP contribution < -0.4 is 10.5 Å². The molecule has 1 aromatic rings. The lowest BCUT2D eigenvalue weighted by Gasteiger charge is -2.30. The number of aryl methyl sites for hydroxylation is 1. The minimum atomic E-state index is -0.0640. The summed E-state index contributed by atoms with van der Waals surface area (Å²) >= 11 is 0. The normalized spacial score (nSPS) is 12.7. The van der Waals surface area contributed by atoms with Gasteiger partial charge in [-0.05, 0) is 69.9 Å². The van der Waals surface area contributed by atoms with E-state index in [0.29, 0.717) is 5.70 Å². The lowest BCUT2D eigenvalue weighted by atomic mass is 9.75. The largest absolute Gasteiger partial charge is 0.496 e. The maximum absolute atomic E-state index is 6.07. The van der Waals surface area contributed by atoms with E-state index in [1.54, 1.807) is 7.11 Å². The van der Waals surface area contributed by atoms with Crippen LogP contribution in [0.1, 0.15) is 51.7 Å². The molecule has 1 atom stereocenters. The second-order valence-corrected chi connectivity index (χ2v) is 7.22. The van der Waals surface area contributed by atoms with Crippen LogP contribution in [0.3, 0.4) is 0 Å². The topological polar surface area (TPSA) is 35.2 Å². The van der Waals surface area contributed by atoms with Crippen molar-refractivity contribution in [2.45, 2.75) is 47.5 Å².